The van der Waals surface area contributed by atoms with Crippen LogP contribution in [0.25, 0.3) is 0 Å². The van der Waals surface area contributed by atoms with Gasteiger partial charge in [-0.15, -0.1) is 0 Å². The van der Waals surface area contributed by atoms with Crippen LogP contribution in [-0.2, 0) is 22.1 Å². The molecule has 0 aliphatic heterocycles. The molecule has 2 aromatic rings. The summed E-state index contributed by atoms with van der Waals surface area (Å²) in [5, 5.41) is 28.5. The van der Waals surface area contributed by atoms with Crippen molar-refractivity contribution < 1.29 is 19.6 Å². The minimum Gasteiger partial charge on any atom is -0.444 e. The third-order valence-electron chi connectivity index (χ3n) is 6.45. The van der Waals surface area contributed by atoms with Crippen LogP contribution in [0.5, 0.6) is 0 Å². The van der Waals surface area contributed by atoms with E-state index in [0.29, 0.717) is 6.42 Å². The maximum atomic E-state index is 12.5. The number of rotatable bonds is 9. The van der Waals surface area contributed by atoms with E-state index in [4.69, 9.17) is 4.74 Å². The highest BCUT2D eigenvalue weighted by Crippen LogP contribution is 2.46. The zero-order chi connectivity index (χ0) is 26.7. The van der Waals surface area contributed by atoms with Crippen LogP contribution in [0.2, 0.25) is 0 Å². The number of nitrogens with one attached hydrogen (secondary N) is 2. The van der Waals surface area contributed by atoms with Crippen molar-refractivity contribution in [2.75, 3.05) is 6.54 Å². The Kier molecular flexibility index (Phi) is 8.10. The molecule has 0 saturated heterocycles. The number of hydrogen-bond acceptors (Lipinski definition) is 6. The Balaban J connectivity index is 1.73. The number of nitro groups is 1. The number of benzene rings is 2. The summed E-state index contributed by atoms with van der Waals surface area (Å²) < 4.78 is 5.41. The highest BCUT2D eigenvalue weighted by atomic mass is 16.6. The van der Waals surface area contributed by atoms with Gasteiger partial charge in [-0.25, -0.2) is 4.79 Å². The van der Waals surface area contributed by atoms with Gasteiger partial charge in [0.15, 0.2) is 0 Å². The van der Waals surface area contributed by atoms with E-state index in [1.807, 2.05) is 0 Å². The van der Waals surface area contributed by atoms with Crippen LogP contribution in [0.3, 0.4) is 0 Å². The van der Waals surface area contributed by atoms with Gasteiger partial charge in [-0.05, 0) is 62.1 Å². The van der Waals surface area contributed by atoms with Gasteiger partial charge < -0.3 is 20.5 Å². The number of carbonyl (C=O) groups is 1. The second-order valence-corrected chi connectivity index (χ2v) is 11.7. The molecular formula is C28H39N3O5. The maximum Gasteiger partial charge on any atom is 0.407 e. The van der Waals surface area contributed by atoms with Crippen molar-refractivity contribution in [3.05, 3.63) is 75.3 Å². The van der Waals surface area contributed by atoms with Crippen molar-refractivity contribution in [2.45, 2.75) is 89.5 Å². The number of hydrogen-bond donors (Lipinski definition) is 3. The van der Waals surface area contributed by atoms with Crippen molar-refractivity contribution in [3.63, 3.8) is 0 Å². The number of alkyl carbamates (subject to hydrolysis) is 1. The molecule has 8 nitrogen and oxygen atoms in total. The van der Waals surface area contributed by atoms with E-state index in [1.54, 1.807) is 32.9 Å². The molecule has 2 aromatic carbocycles. The van der Waals surface area contributed by atoms with Gasteiger partial charge in [0.25, 0.3) is 5.69 Å². The van der Waals surface area contributed by atoms with Gasteiger partial charge in [0.2, 0.25) is 0 Å². The first-order valence-corrected chi connectivity index (χ1v) is 12.5. The average molecular weight is 498 g/mol. The molecule has 0 spiro atoms. The first-order chi connectivity index (χ1) is 16.7. The van der Waals surface area contributed by atoms with Crippen LogP contribution in [0, 0.1) is 10.1 Å². The van der Waals surface area contributed by atoms with Crippen LogP contribution >= 0.6 is 0 Å². The van der Waals surface area contributed by atoms with Crippen LogP contribution in [0.4, 0.5) is 10.5 Å². The van der Waals surface area contributed by atoms with Gasteiger partial charge in [0, 0.05) is 24.2 Å². The number of amides is 1. The number of carbonyl (C=O) groups excluding carboxylic acids is 1. The predicted molar refractivity (Wildman–Crippen MR) is 140 cm³/mol. The van der Waals surface area contributed by atoms with Crippen LogP contribution in [-0.4, -0.2) is 40.4 Å². The molecule has 3 rings (SSSR count). The van der Waals surface area contributed by atoms with Crippen molar-refractivity contribution >= 4 is 11.8 Å². The van der Waals surface area contributed by atoms with Gasteiger partial charge in [-0.3, -0.25) is 10.1 Å². The molecule has 1 amide bonds. The number of aliphatic hydroxyl groups is 1. The number of non-ortho nitro benzene ring substituents is 1. The molecule has 2 atom stereocenters. The van der Waals surface area contributed by atoms with Crippen molar-refractivity contribution in [1.82, 2.24) is 10.6 Å². The lowest BCUT2D eigenvalue weighted by atomic mass is 9.85. The SMILES string of the molecule is CC(C)(C)OC(=O)N[C@@H](Cc1ccc([N+](=O)[O-])cc1)[C@H](O)CNC1(c2cccc(C(C)(C)C)c2)CC1. The molecule has 0 radical (unpaired) electrons. The molecular weight excluding hydrogens is 458 g/mol. The minimum absolute atomic E-state index is 0.00854. The third-order valence-corrected chi connectivity index (χ3v) is 6.45. The van der Waals surface area contributed by atoms with E-state index in [-0.39, 0.29) is 23.2 Å². The zero-order valence-corrected chi connectivity index (χ0v) is 22.1. The van der Waals surface area contributed by atoms with Crippen LogP contribution in [0.15, 0.2) is 48.5 Å². The molecule has 196 valence electrons. The minimum atomic E-state index is -0.906. The summed E-state index contributed by atoms with van der Waals surface area (Å²) in [7, 11) is 0. The summed E-state index contributed by atoms with van der Waals surface area (Å²) in [6, 6.07) is 14.1. The molecule has 1 aliphatic carbocycles. The number of ether oxygens (including phenoxy) is 1. The number of nitro benzene ring substituents is 1. The lowest BCUT2D eigenvalue weighted by Crippen LogP contribution is -2.51. The zero-order valence-electron chi connectivity index (χ0n) is 22.1. The highest BCUT2D eigenvalue weighted by molar-refractivity contribution is 5.68. The second-order valence-electron chi connectivity index (χ2n) is 11.7. The maximum absolute atomic E-state index is 12.5. The Bertz CT molecular complexity index is 1070. The Morgan fingerprint density at radius 1 is 1.11 bits per heavy atom. The fourth-order valence-electron chi connectivity index (χ4n) is 4.17. The van der Waals surface area contributed by atoms with Crippen molar-refractivity contribution in [1.29, 1.82) is 0 Å². The molecule has 8 heteroatoms. The number of nitrogens with zero attached hydrogens (tertiary/aromatic N) is 1. The largest absolute Gasteiger partial charge is 0.444 e. The van der Waals surface area contributed by atoms with Gasteiger partial charge in [0.1, 0.15) is 5.60 Å². The predicted octanol–water partition coefficient (Wildman–Crippen LogP) is 4.97. The molecule has 0 unspecified atom stereocenters. The highest BCUT2D eigenvalue weighted by Gasteiger charge is 2.44. The first kappa shape index (κ1) is 27.6. The summed E-state index contributed by atoms with van der Waals surface area (Å²) in [6.07, 6.45) is 0.718. The molecule has 36 heavy (non-hydrogen) atoms. The number of aliphatic hydroxyl groups excluding tert-OH is 1. The summed E-state index contributed by atoms with van der Waals surface area (Å²) in [6.45, 7) is 12.2. The third kappa shape index (κ3) is 7.51. The van der Waals surface area contributed by atoms with E-state index in [2.05, 4.69) is 55.7 Å². The monoisotopic (exact) mass is 497 g/mol. The molecule has 1 saturated carbocycles. The summed E-state index contributed by atoms with van der Waals surface area (Å²) in [4.78, 5) is 23.0. The molecule has 0 heterocycles. The topological polar surface area (TPSA) is 114 Å². The molecule has 0 aromatic heterocycles. The smallest absolute Gasteiger partial charge is 0.407 e. The molecule has 1 aliphatic rings. The Morgan fingerprint density at radius 3 is 2.28 bits per heavy atom. The van der Waals surface area contributed by atoms with E-state index >= 15 is 0 Å². The second kappa shape index (κ2) is 10.6. The molecule has 0 bridgehead atoms. The van der Waals surface area contributed by atoms with Crippen molar-refractivity contribution in [3.8, 4) is 0 Å². The summed E-state index contributed by atoms with van der Waals surface area (Å²) in [5.41, 5.74) is 2.39. The Labute approximate surface area is 213 Å². The average Bonchev–Trinajstić information content (AvgIpc) is 3.57. The fourth-order valence-corrected chi connectivity index (χ4v) is 4.17. The van der Waals surface area contributed by atoms with Gasteiger partial charge in [0.05, 0.1) is 17.1 Å². The summed E-state index contributed by atoms with van der Waals surface area (Å²) >= 11 is 0. The first-order valence-electron chi connectivity index (χ1n) is 12.5. The fraction of sp³-hybridized carbons (Fsp3) is 0.536. The van der Waals surface area contributed by atoms with Gasteiger partial charge >= 0.3 is 6.09 Å². The van der Waals surface area contributed by atoms with Crippen LogP contribution in [0.1, 0.15) is 71.1 Å². The Morgan fingerprint density at radius 2 is 1.75 bits per heavy atom. The Hall–Kier alpha value is -2.97. The van der Waals surface area contributed by atoms with Crippen LogP contribution < -0.4 is 10.6 Å². The lowest BCUT2D eigenvalue weighted by molar-refractivity contribution is -0.384. The van der Waals surface area contributed by atoms with E-state index in [9.17, 15) is 20.0 Å². The lowest BCUT2D eigenvalue weighted by Gasteiger charge is -2.29. The molecule has 1 fully saturated rings. The van der Waals surface area contributed by atoms with E-state index in [0.717, 1.165) is 18.4 Å². The van der Waals surface area contributed by atoms with E-state index < -0.39 is 28.8 Å². The standard InChI is InChI=1S/C28H39N3O5/c1-26(2,3)20-8-7-9-21(17-20)28(14-15-28)29-18-24(32)23(30-25(33)36-27(4,5)6)16-19-10-12-22(13-11-19)31(34)35/h7-13,17,23-24,29,32H,14-16,18H2,1-6H3,(H,30,33)/t23-,24+/m0/s1. The normalized spacial score (nSPS) is 16.6. The summed E-state index contributed by atoms with van der Waals surface area (Å²) in [5.74, 6) is 0. The van der Waals surface area contributed by atoms with Crippen molar-refractivity contribution in [2.24, 2.45) is 0 Å². The van der Waals surface area contributed by atoms with Gasteiger partial charge in [-0.2, -0.15) is 0 Å². The van der Waals surface area contributed by atoms with E-state index in [1.165, 1.54) is 23.3 Å². The molecule has 3 N–H and O–H groups in total. The quantitative estimate of drug-likeness (QED) is 0.333. The van der Waals surface area contributed by atoms with Gasteiger partial charge in [-0.1, -0.05) is 57.2 Å².